The third-order valence-electron chi connectivity index (χ3n) is 5.27. The third-order valence-corrected chi connectivity index (χ3v) is 5.27. The lowest BCUT2D eigenvalue weighted by Crippen LogP contribution is -2.32. The summed E-state index contributed by atoms with van der Waals surface area (Å²) in [4.78, 5) is 31.3. The zero-order valence-corrected chi connectivity index (χ0v) is 14.5. The van der Waals surface area contributed by atoms with Crippen LogP contribution >= 0.6 is 0 Å². The maximum absolute atomic E-state index is 12.4. The van der Waals surface area contributed by atoms with Crippen LogP contribution in [0.1, 0.15) is 25.7 Å². The van der Waals surface area contributed by atoms with E-state index in [1.807, 2.05) is 0 Å². The van der Waals surface area contributed by atoms with Crippen molar-refractivity contribution in [1.29, 1.82) is 0 Å². The number of carbonyl (C=O) groups excluding carboxylic acids is 1. The van der Waals surface area contributed by atoms with Gasteiger partial charge in [0.05, 0.1) is 12.5 Å². The Hall–Kier alpha value is -2.22. The predicted molar refractivity (Wildman–Crippen MR) is 93.1 cm³/mol. The summed E-state index contributed by atoms with van der Waals surface area (Å²) in [6, 6.07) is 0.808. The fourth-order valence-electron chi connectivity index (χ4n) is 3.59. The second-order valence-corrected chi connectivity index (χ2v) is 7.18. The minimum Gasteiger partial charge on any atom is -0.356 e. The van der Waals surface area contributed by atoms with E-state index in [1.54, 1.807) is 11.7 Å². The van der Waals surface area contributed by atoms with Gasteiger partial charge in [-0.15, -0.1) is 0 Å². The van der Waals surface area contributed by atoms with Gasteiger partial charge in [-0.1, -0.05) is 0 Å². The highest BCUT2D eigenvalue weighted by atomic mass is 16.1. The first-order valence-electron chi connectivity index (χ1n) is 8.99. The molecule has 0 aromatic carbocycles. The maximum Gasteiger partial charge on any atom is 0.264 e. The fourth-order valence-corrected chi connectivity index (χ4v) is 3.59. The van der Waals surface area contributed by atoms with Gasteiger partial charge in [0, 0.05) is 39.1 Å². The van der Waals surface area contributed by atoms with Gasteiger partial charge in [-0.3, -0.25) is 18.8 Å². The first-order chi connectivity index (χ1) is 12.1. The number of amides is 1. The van der Waals surface area contributed by atoms with Crippen molar-refractivity contribution in [3.63, 3.8) is 0 Å². The number of nitrogens with one attached hydrogen (secondary N) is 1. The van der Waals surface area contributed by atoms with Gasteiger partial charge in [0.25, 0.3) is 5.56 Å². The first kappa shape index (κ1) is 16.3. The van der Waals surface area contributed by atoms with Crippen LogP contribution < -0.4 is 10.9 Å². The van der Waals surface area contributed by atoms with Gasteiger partial charge in [-0.25, -0.2) is 4.98 Å². The zero-order chi connectivity index (χ0) is 17.4. The molecule has 2 aromatic rings. The van der Waals surface area contributed by atoms with Crippen LogP contribution in [-0.2, 0) is 18.4 Å². The summed E-state index contributed by atoms with van der Waals surface area (Å²) in [5.41, 5.74) is 0.411. The van der Waals surface area contributed by atoms with Crippen LogP contribution in [0.5, 0.6) is 0 Å². The Kier molecular flexibility index (Phi) is 4.29. The van der Waals surface area contributed by atoms with Crippen LogP contribution in [0, 0.1) is 5.92 Å². The molecule has 25 heavy (non-hydrogen) atoms. The second-order valence-electron chi connectivity index (χ2n) is 7.18. The van der Waals surface area contributed by atoms with E-state index in [4.69, 9.17) is 0 Å². The van der Waals surface area contributed by atoms with E-state index >= 15 is 0 Å². The topological polar surface area (TPSA) is 85.0 Å². The summed E-state index contributed by atoms with van der Waals surface area (Å²) < 4.78 is 3.05. The van der Waals surface area contributed by atoms with Crippen LogP contribution in [-0.4, -0.2) is 55.8 Å². The molecule has 1 saturated heterocycles. The highest BCUT2D eigenvalue weighted by Gasteiger charge is 2.34. The average Bonchev–Trinajstić information content (AvgIpc) is 3.23. The van der Waals surface area contributed by atoms with Crippen molar-refractivity contribution in [2.75, 3.05) is 19.6 Å². The Morgan fingerprint density at radius 3 is 3.00 bits per heavy atom. The molecule has 1 unspecified atom stereocenters. The van der Waals surface area contributed by atoms with E-state index in [1.165, 1.54) is 29.9 Å². The SMILES string of the molecule is Cn1ncc2c(=O)n(CCC(=O)NCC3CCN(C4CC4)C3)cnc21. The fraction of sp³-hybridized carbons (Fsp3) is 0.647. The molecule has 8 heteroatoms. The molecule has 1 amide bonds. The molecular formula is C17H24N6O2. The monoisotopic (exact) mass is 344 g/mol. The lowest BCUT2D eigenvalue weighted by molar-refractivity contribution is -0.121. The van der Waals surface area contributed by atoms with Crippen molar-refractivity contribution in [3.8, 4) is 0 Å². The molecular weight excluding hydrogens is 320 g/mol. The van der Waals surface area contributed by atoms with Gasteiger partial charge in [-0.05, 0) is 31.7 Å². The average molecular weight is 344 g/mol. The number of carbonyl (C=O) groups is 1. The number of fused-ring (bicyclic) bond motifs is 1. The van der Waals surface area contributed by atoms with Crippen molar-refractivity contribution < 1.29 is 4.79 Å². The summed E-state index contributed by atoms with van der Waals surface area (Å²) in [6.45, 7) is 3.33. The summed E-state index contributed by atoms with van der Waals surface area (Å²) in [5, 5.41) is 7.55. The summed E-state index contributed by atoms with van der Waals surface area (Å²) >= 11 is 0. The predicted octanol–water partition coefficient (Wildman–Crippen LogP) is 0.121. The minimum atomic E-state index is -0.151. The molecule has 0 bridgehead atoms. The van der Waals surface area contributed by atoms with E-state index in [2.05, 4.69) is 20.3 Å². The summed E-state index contributed by atoms with van der Waals surface area (Å²) in [6.07, 6.45) is 7.13. The Morgan fingerprint density at radius 1 is 1.36 bits per heavy atom. The molecule has 0 spiro atoms. The normalized spacial score (nSPS) is 21.1. The third kappa shape index (κ3) is 3.44. The van der Waals surface area contributed by atoms with Gasteiger partial charge in [0.15, 0.2) is 5.65 Å². The number of likely N-dealkylation sites (tertiary alicyclic amines) is 1. The van der Waals surface area contributed by atoms with Crippen molar-refractivity contribution in [2.45, 2.75) is 38.3 Å². The van der Waals surface area contributed by atoms with E-state index in [0.29, 0.717) is 23.5 Å². The van der Waals surface area contributed by atoms with E-state index in [-0.39, 0.29) is 17.9 Å². The Labute approximate surface area is 145 Å². The highest BCUT2D eigenvalue weighted by Crippen LogP contribution is 2.31. The lowest BCUT2D eigenvalue weighted by atomic mass is 10.1. The molecule has 8 nitrogen and oxygen atoms in total. The van der Waals surface area contributed by atoms with Gasteiger partial charge >= 0.3 is 0 Å². The van der Waals surface area contributed by atoms with Crippen LogP contribution in [0.25, 0.3) is 11.0 Å². The van der Waals surface area contributed by atoms with Gasteiger partial charge in [-0.2, -0.15) is 5.10 Å². The Balaban J connectivity index is 1.27. The molecule has 2 aliphatic rings. The number of hydrogen-bond acceptors (Lipinski definition) is 5. The molecule has 1 N–H and O–H groups in total. The number of nitrogens with zero attached hydrogens (tertiary/aromatic N) is 5. The lowest BCUT2D eigenvalue weighted by Gasteiger charge is -2.15. The molecule has 4 rings (SSSR count). The molecule has 1 aliphatic heterocycles. The van der Waals surface area contributed by atoms with Crippen molar-refractivity contribution in [1.82, 2.24) is 29.5 Å². The summed E-state index contributed by atoms with van der Waals surface area (Å²) in [7, 11) is 1.75. The van der Waals surface area contributed by atoms with Crippen LogP contribution in [0.4, 0.5) is 0 Å². The standard InChI is InChI=1S/C17H24N6O2/c1-21-16-14(9-20-21)17(25)23(11-19-16)7-5-15(24)18-8-12-4-6-22(10-12)13-2-3-13/h9,11-13H,2-8,10H2,1H3,(H,18,24). The molecule has 2 aromatic heterocycles. The maximum atomic E-state index is 12.4. The van der Waals surface area contributed by atoms with Gasteiger partial charge < -0.3 is 10.2 Å². The molecule has 0 radical (unpaired) electrons. The molecule has 1 atom stereocenters. The van der Waals surface area contributed by atoms with E-state index in [9.17, 15) is 9.59 Å². The molecule has 2 fully saturated rings. The summed E-state index contributed by atoms with van der Waals surface area (Å²) in [5.74, 6) is 0.545. The highest BCUT2D eigenvalue weighted by molar-refractivity contribution is 5.76. The largest absolute Gasteiger partial charge is 0.356 e. The number of hydrogen-bond donors (Lipinski definition) is 1. The van der Waals surface area contributed by atoms with Crippen molar-refractivity contribution in [3.05, 3.63) is 22.9 Å². The van der Waals surface area contributed by atoms with Crippen molar-refractivity contribution >= 4 is 16.9 Å². The first-order valence-corrected chi connectivity index (χ1v) is 8.99. The van der Waals surface area contributed by atoms with Crippen LogP contribution in [0.3, 0.4) is 0 Å². The number of aromatic nitrogens is 4. The van der Waals surface area contributed by atoms with Gasteiger partial charge in [0.2, 0.25) is 5.91 Å². The zero-order valence-electron chi connectivity index (χ0n) is 14.5. The van der Waals surface area contributed by atoms with Crippen LogP contribution in [0.15, 0.2) is 17.3 Å². The number of rotatable bonds is 6. The number of aryl methyl sites for hydroxylation is 2. The van der Waals surface area contributed by atoms with Crippen LogP contribution in [0.2, 0.25) is 0 Å². The quantitative estimate of drug-likeness (QED) is 0.805. The molecule has 134 valence electrons. The van der Waals surface area contributed by atoms with E-state index in [0.717, 1.165) is 32.1 Å². The molecule has 1 aliphatic carbocycles. The Bertz CT molecular complexity index is 837. The van der Waals surface area contributed by atoms with Crippen molar-refractivity contribution in [2.24, 2.45) is 13.0 Å². The molecule has 3 heterocycles. The molecule has 1 saturated carbocycles. The van der Waals surface area contributed by atoms with E-state index < -0.39 is 0 Å². The smallest absolute Gasteiger partial charge is 0.264 e. The Morgan fingerprint density at radius 2 is 2.20 bits per heavy atom. The minimum absolute atomic E-state index is 0.0111. The van der Waals surface area contributed by atoms with Gasteiger partial charge in [0.1, 0.15) is 5.39 Å². The second kappa shape index (κ2) is 6.59.